The molecule has 7 rings (SSSR count). The van der Waals surface area contributed by atoms with Crippen molar-refractivity contribution in [3.05, 3.63) is 11.6 Å². The van der Waals surface area contributed by atoms with Crippen molar-refractivity contribution in [2.45, 2.75) is 174 Å². The van der Waals surface area contributed by atoms with Gasteiger partial charge >= 0.3 is 5.97 Å². The van der Waals surface area contributed by atoms with E-state index < -0.39 is 84.8 Å². The summed E-state index contributed by atoms with van der Waals surface area (Å²) in [6.45, 7) is 15.0. The van der Waals surface area contributed by atoms with Crippen LogP contribution in [0.2, 0.25) is 0 Å². The molecule has 2 saturated heterocycles. The number of allylic oxidation sites excluding steroid dienone is 1. The second-order valence-electron chi connectivity index (χ2n) is 20.3. The minimum atomic E-state index is -1.60. The zero-order valence-corrected chi connectivity index (χ0v) is 33.1. The zero-order chi connectivity index (χ0) is 39.6. The number of hydrogen-bond acceptors (Lipinski definition) is 13. The van der Waals surface area contributed by atoms with Crippen molar-refractivity contribution in [2.75, 3.05) is 13.2 Å². The van der Waals surface area contributed by atoms with Crippen LogP contribution in [-0.2, 0) is 23.7 Å². The third-order valence-electron chi connectivity index (χ3n) is 16.8. The fourth-order valence-electron chi connectivity index (χ4n) is 13.3. The van der Waals surface area contributed by atoms with Gasteiger partial charge in [0.25, 0.3) is 0 Å². The average Bonchev–Trinajstić information content (AvgIpc) is 3.10. The van der Waals surface area contributed by atoms with Crippen molar-refractivity contribution < 1.29 is 64.6 Å². The lowest BCUT2D eigenvalue weighted by molar-refractivity contribution is -0.330. The molecule has 308 valence electrons. The molecule has 13 nitrogen and oxygen atoms in total. The lowest BCUT2D eigenvalue weighted by Crippen LogP contribution is -2.69. The molecule has 8 N–H and O–H groups in total. The van der Waals surface area contributed by atoms with Gasteiger partial charge in [-0.15, -0.1) is 0 Å². The molecule has 4 saturated carbocycles. The van der Waals surface area contributed by atoms with Gasteiger partial charge < -0.3 is 59.8 Å². The first kappa shape index (κ1) is 40.9. The highest BCUT2D eigenvalue weighted by atomic mass is 16.7. The van der Waals surface area contributed by atoms with E-state index in [1.165, 1.54) is 0 Å². The third kappa shape index (κ3) is 5.84. The average molecular weight is 767 g/mol. The van der Waals surface area contributed by atoms with Crippen LogP contribution in [0.25, 0.3) is 0 Å². The SMILES string of the molecule is CC1(C)CCC2(C(=O)OC3OCC(O)C(O)C3O)CC(O)C3(C)C(=CCC4C5(C)CCC(OC6OC(CO)C(O)C(O)C6O)C(C)(C)C5CCC43C)C2C1. The Hall–Kier alpha value is -1.23. The largest absolute Gasteiger partial charge is 0.432 e. The van der Waals surface area contributed by atoms with Gasteiger partial charge in [0.1, 0.15) is 42.7 Å². The minimum absolute atomic E-state index is 0.0651. The lowest BCUT2D eigenvalue weighted by Gasteiger charge is -2.72. The smallest absolute Gasteiger partial charge is 0.315 e. The number of fused-ring (bicyclic) bond motifs is 7. The van der Waals surface area contributed by atoms with E-state index in [9.17, 15) is 45.6 Å². The minimum Gasteiger partial charge on any atom is -0.432 e. The van der Waals surface area contributed by atoms with Crippen molar-refractivity contribution in [1.82, 2.24) is 0 Å². The summed E-state index contributed by atoms with van der Waals surface area (Å²) in [5, 5.41) is 84.9. The molecular formula is C41H66O13. The molecule has 0 amide bonds. The standard InChI is InChI=1S/C41H66O13/c1-36(2)14-15-41(35(50)54-33-31(48)28(45)22(43)19-51-33)17-26(44)40(7)20(21(41)16-36)8-9-25-38(5)12-11-27(37(3,4)24(38)10-13-39(25,40)6)53-34-32(49)30(47)29(46)23(18-42)52-34/h8,21-34,42-49H,9-19H2,1-7H3. The molecule has 0 radical (unpaired) electrons. The van der Waals surface area contributed by atoms with Gasteiger partial charge in [-0.1, -0.05) is 60.1 Å². The van der Waals surface area contributed by atoms with Crippen LogP contribution in [0.5, 0.6) is 0 Å². The topological polar surface area (TPSA) is 216 Å². The van der Waals surface area contributed by atoms with Crippen LogP contribution in [0, 0.1) is 50.2 Å². The summed E-state index contributed by atoms with van der Waals surface area (Å²) < 4.78 is 23.6. The van der Waals surface area contributed by atoms with Crippen LogP contribution >= 0.6 is 0 Å². The normalized spacial score (nSPS) is 53.9. The van der Waals surface area contributed by atoms with Crippen LogP contribution in [0.3, 0.4) is 0 Å². The maximum atomic E-state index is 14.5. The summed E-state index contributed by atoms with van der Waals surface area (Å²) in [4.78, 5) is 14.5. The Labute approximate surface area is 319 Å². The summed E-state index contributed by atoms with van der Waals surface area (Å²) in [5.41, 5.74) is -1.46. The van der Waals surface area contributed by atoms with Crippen molar-refractivity contribution >= 4 is 5.97 Å². The zero-order valence-electron chi connectivity index (χ0n) is 33.1. The maximum Gasteiger partial charge on any atom is 0.315 e. The van der Waals surface area contributed by atoms with Gasteiger partial charge in [-0.3, -0.25) is 4.79 Å². The number of rotatable bonds is 5. The van der Waals surface area contributed by atoms with Crippen molar-refractivity contribution in [1.29, 1.82) is 0 Å². The number of ether oxygens (including phenoxy) is 4. The molecule has 0 aromatic carbocycles. The first-order valence-electron chi connectivity index (χ1n) is 20.3. The van der Waals surface area contributed by atoms with Crippen molar-refractivity contribution in [2.24, 2.45) is 50.2 Å². The van der Waals surface area contributed by atoms with Gasteiger partial charge in [-0.25, -0.2) is 0 Å². The van der Waals surface area contributed by atoms with E-state index in [0.717, 1.165) is 44.1 Å². The molecule has 18 atom stereocenters. The third-order valence-corrected chi connectivity index (χ3v) is 16.8. The monoisotopic (exact) mass is 766 g/mol. The highest BCUT2D eigenvalue weighted by Crippen LogP contribution is 2.76. The fraction of sp³-hybridized carbons (Fsp3) is 0.927. The van der Waals surface area contributed by atoms with E-state index in [-0.39, 0.29) is 58.5 Å². The van der Waals surface area contributed by atoms with E-state index in [1.54, 1.807) is 0 Å². The predicted octanol–water partition coefficient (Wildman–Crippen LogP) is 1.93. The lowest BCUT2D eigenvalue weighted by atomic mass is 9.33. The summed E-state index contributed by atoms with van der Waals surface area (Å²) >= 11 is 0. The molecule has 5 aliphatic carbocycles. The molecule has 13 heteroatoms. The van der Waals surface area contributed by atoms with Crippen LogP contribution in [0.15, 0.2) is 11.6 Å². The second kappa shape index (κ2) is 13.7. The molecule has 54 heavy (non-hydrogen) atoms. The van der Waals surface area contributed by atoms with E-state index in [1.807, 2.05) is 0 Å². The molecule has 7 aliphatic rings. The van der Waals surface area contributed by atoms with Crippen LogP contribution in [0.4, 0.5) is 0 Å². The Bertz CT molecular complexity index is 1470. The number of carbonyl (C=O) groups excluding carboxylic acids is 1. The maximum absolute atomic E-state index is 14.5. The molecule has 2 heterocycles. The molecule has 6 fully saturated rings. The molecule has 0 spiro atoms. The highest BCUT2D eigenvalue weighted by molar-refractivity contribution is 5.79. The molecule has 0 aromatic heterocycles. The van der Waals surface area contributed by atoms with E-state index in [2.05, 4.69) is 54.5 Å². The Morgan fingerprint density at radius 2 is 1.48 bits per heavy atom. The molecule has 0 aromatic rings. The Morgan fingerprint density at radius 3 is 2.17 bits per heavy atom. The fourth-order valence-corrected chi connectivity index (χ4v) is 13.3. The summed E-state index contributed by atoms with van der Waals surface area (Å²) in [6, 6.07) is 0. The van der Waals surface area contributed by atoms with Gasteiger partial charge in [-0.05, 0) is 97.2 Å². The molecular weight excluding hydrogens is 700 g/mol. The van der Waals surface area contributed by atoms with Gasteiger partial charge in [-0.2, -0.15) is 0 Å². The number of carbonyl (C=O) groups is 1. The molecule has 18 unspecified atom stereocenters. The Kier molecular flexibility index (Phi) is 10.4. The van der Waals surface area contributed by atoms with Crippen LogP contribution in [-0.4, -0.2) is 128 Å². The quantitative estimate of drug-likeness (QED) is 0.114. The van der Waals surface area contributed by atoms with E-state index >= 15 is 0 Å². The van der Waals surface area contributed by atoms with Crippen molar-refractivity contribution in [3.8, 4) is 0 Å². The van der Waals surface area contributed by atoms with Gasteiger partial charge in [0, 0.05) is 5.41 Å². The molecule has 0 bridgehead atoms. The molecule has 2 aliphatic heterocycles. The van der Waals surface area contributed by atoms with Crippen LogP contribution < -0.4 is 0 Å². The van der Waals surface area contributed by atoms with Crippen LogP contribution in [0.1, 0.15) is 106 Å². The Balaban J connectivity index is 1.18. The van der Waals surface area contributed by atoms with Gasteiger partial charge in [0.15, 0.2) is 6.29 Å². The number of aliphatic hydroxyl groups excluding tert-OH is 8. The highest BCUT2D eigenvalue weighted by Gasteiger charge is 2.72. The Morgan fingerprint density at radius 1 is 0.796 bits per heavy atom. The first-order valence-corrected chi connectivity index (χ1v) is 20.3. The first-order chi connectivity index (χ1) is 25.1. The van der Waals surface area contributed by atoms with E-state index in [0.29, 0.717) is 12.8 Å². The summed E-state index contributed by atoms with van der Waals surface area (Å²) in [7, 11) is 0. The van der Waals surface area contributed by atoms with Gasteiger partial charge in [0.05, 0.1) is 30.8 Å². The van der Waals surface area contributed by atoms with Gasteiger partial charge in [0.2, 0.25) is 6.29 Å². The van der Waals surface area contributed by atoms with Crippen molar-refractivity contribution in [3.63, 3.8) is 0 Å². The van der Waals surface area contributed by atoms with E-state index in [4.69, 9.17) is 18.9 Å². The number of hydrogen-bond donors (Lipinski definition) is 8. The number of esters is 1. The number of aliphatic hydroxyl groups is 8. The summed E-state index contributed by atoms with van der Waals surface area (Å²) in [5.74, 6) is -0.334. The predicted molar refractivity (Wildman–Crippen MR) is 193 cm³/mol. The summed E-state index contributed by atoms with van der Waals surface area (Å²) in [6.07, 6.45) is -5.16. The second-order valence-corrected chi connectivity index (χ2v) is 20.3.